The molecule has 0 amide bonds. The van der Waals surface area contributed by atoms with E-state index in [9.17, 15) is 9.65 Å². The number of nitriles is 1. The van der Waals surface area contributed by atoms with Gasteiger partial charge in [0.15, 0.2) is 0 Å². The van der Waals surface area contributed by atoms with Crippen molar-refractivity contribution in [1.29, 1.82) is 5.26 Å². The Balaban J connectivity index is 2.24. The number of rotatable bonds is 2. The molecule has 1 aromatic heterocycles. The summed E-state index contributed by atoms with van der Waals surface area (Å²) in [7, 11) is 0. The van der Waals surface area contributed by atoms with Crippen molar-refractivity contribution in [3.05, 3.63) is 76.7 Å². The molecule has 106 valence electrons. The van der Waals surface area contributed by atoms with E-state index in [4.69, 9.17) is 12.2 Å². The van der Waals surface area contributed by atoms with Gasteiger partial charge in [0.05, 0.1) is 5.56 Å². The molecule has 0 unspecified atom stereocenters. The van der Waals surface area contributed by atoms with Crippen LogP contribution < -0.4 is 0 Å². The highest BCUT2D eigenvalue weighted by Gasteiger charge is 2.10. The van der Waals surface area contributed by atoms with E-state index in [0.717, 1.165) is 16.8 Å². The van der Waals surface area contributed by atoms with Crippen LogP contribution in [-0.4, -0.2) is 4.98 Å². The molecule has 0 aliphatic rings. The highest BCUT2D eigenvalue weighted by Crippen LogP contribution is 2.28. The van der Waals surface area contributed by atoms with Crippen molar-refractivity contribution >= 4 is 12.2 Å². The average Bonchev–Trinajstić information content (AvgIpc) is 2.55. The maximum atomic E-state index is 13.1. The van der Waals surface area contributed by atoms with Crippen molar-refractivity contribution in [3.8, 4) is 28.5 Å². The lowest BCUT2D eigenvalue weighted by atomic mass is 9.99. The Kier molecular flexibility index (Phi) is 3.82. The first-order valence-corrected chi connectivity index (χ1v) is 7.08. The fourth-order valence-corrected chi connectivity index (χ4v) is 2.57. The average molecular weight is 306 g/mol. The van der Waals surface area contributed by atoms with Crippen molar-refractivity contribution in [1.82, 2.24) is 4.98 Å². The van der Waals surface area contributed by atoms with Gasteiger partial charge in [-0.1, -0.05) is 54.7 Å². The summed E-state index contributed by atoms with van der Waals surface area (Å²) >= 11 is 5.30. The van der Waals surface area contributed by atoms with E-state index in [1.807, 2.05) is 36.4 Å². The topological polar surface area (TPSA) is 39.6 Å². The summed E-state index contributed by atoms with van der Waals surface area (Å²) in [6, 6.07) is 19.8. The van der Waals surface area contributed by atoms with Gasteiger partial charge >= 0.3 is 0 Å². The summed E-state index contributed by atoms with van der Waals surface area (Å²) in [5, 5.41) is 9.37. The molecule has 0 saturated carbocycles. The van der Waals surface area contributed by atoms with Gasteiger partial charge in [-0.2, -0.15) is 5.26 Å². The van der Waals surface area contributed by atoms with Gasteiger partial charge in [0.25, 0.3) is 0 Å². The Morgan fingerprint density at radius 3 is 2.27 bits per heavy atom. The SMILES string of the molecule is N#Cc1c(-c2ccc(F)cc2)cc(-c2ccccc2)[nH]c1=S. The van der Waals surface area contributed by atoms with E-state index < -0.39 is 0 Å². The molecule has 2 nitrogen and oxygen atoms in total. The van der Waals surface area contributed by atoms with Crippen molar-refractivity contribution in [3.63, 3.8) is 0 Å². The molecule has 1 heterocycles. The van der Waals surface area contributed by atoms with Crippen molar-refractivity contribution in [2.75, 3.05) is 0 Å². The Hall–Kier alpha value is -2.77. The van der Waals surface area contributed by atoms with Gasteiger partial charge in [-0.05, 0) is 29.3 Å². The molecule has 0 fully saturated rings. The second-order valence-corrected chi connectivity index (χ2v) is 5.19. The van der Waals surface area contributed by atoms with E-state index in [1.165, 1.54) is 12.1 Å². The minimum absolute atomic E-state index is 0.313. The molecule has 0 radical (unpaired) electrons. The molecule has 1 N–H and O–H groups in total. The molecule has 3 rings (SSSR count). The third-order valence-corrected chi connectivity index (χ3v) is 3.69. The lowest BCUT2D eigenvalue weighted by Crippen LogP contribution is -1.93. The second-order valence-electron chi connectivity index (χ2n) is 4.79. The minimum Gasteiger partial charge on any atom is -0.345 e. The second kappa shape index (κ2) is 5.92. The molecule has 3 aromatic rings. The predicted octanol–water partition coefficient (Wildman–Crippen LogP) is 5.09. The zero-order valence-corrected chi connectivity index (χ0v) is 12.3. The summed E-state index contributed by atoms with van der Waals surface area (Å²) in [6.45, 7) is 0. The van der Waals surface area contributed by atoms with Crippen LogP contribution in [0, 0.1) is 21.8 Å². The number of H-pyrrole nitrogens is 1. The van der Waals surface area contributed by atoms with Crippen molar-refractivity contribution < 1.29 is 4.39 Å². The Bertz CT molecular complexity index is 907. The standard InChI is InChI=1S/C18H11FN2S/c19-14-8-6-12(7-9-14)15-10-17(13-4-2-1-3-5-13)21-18(22)16(15)11-20/h1-10H,(H,21,22). The predicted molar refractivity (Wildman–Crippen MR) is 87.2 cm³/mol. The molecule has 22 heavy (non-hydrogen) atoms. The number of hydrogen-bond donors (Lipinski definition) is 1. The van der Waals surface area contributed by atoms with Crippen LogP contribution in [0.5, 0.6) is 0 Å². The summed E-state index contributed by atoms with van der Waals surface area (Å²) < 4.78 is 13.5. The smallest absolute Gasteiger partial charge is 0.123 e. The van der Waals surface area contributed by atoms with Crippen molar-refractivity contribution in [2.24, 2.45) is 0 Å². The van der Waals surface area contributed by atoms with Crippen LogP contribution in [-0.2, 0) is 0 Å². The maximum absolute atomic E-state index is 13.1. The number of pyridine rings is 1. The van der Waals surface area contributed by atoms with Crippen LogP contribution >= 0.6 is 12.2 Å². The summed E-state index contributed by atoms with van der Waals surface area (Å²) in [6.07, 6.45) is 0. The van der Waals surface area contributed by atoms with Crippen molar-refractivity contribution in [2.45, 2.75) is 0 Å². The molecule has 4 heteroatoms. The quantitative estimate of drug-likeness (QED) is 0.670. The third-order valence-electron chi connectivity index (χ3n) is 3.39. The monoisotopic (exact) mass is 306 g/mol. The van der Waals surface area contributed by atoms with Crippen LogP contribution in [0.4, 0.5) is 4.39 Å². The van der Waals surface area contributed by atoms with Crippen LogP contribution in [0.3, 0.4) is 0 Å². The van der Waals surface area contributed by atoms with Gasteiger partial charge in [-0.15, -0.1) is 0 Å². The van der Waals surface area contributed by atoms with Crippen LogP contribution in [0.2, 0.25) is 0 Å². The van der Waals surface area contributed by atoms with Crippen LogP contribution in [0.15, 0.2) is 60.7 Å². The van der Waals surface area contributed by atoms with E-state index in [0.29, 0.717) is 15.8 Å². The molecule has 0 aliphatic carbocycles. The highest BCUT2D eigenvalue weighted by molar-refractivity contribution is 7.71. The Morgan fingerprint density at radius 1 is 0.955 bits per heavy atom. The zero-order chi connectivity index (χ0) is 15.5. The van der Waals surface area contributed by atoms with E-state index in [-0.39, 0.29) is 5.82 Å². The van der Waals surface area contributed by atoms with E-state index in [1.54, 1.807) is 12.1 Å². The van der Waals surface area contributed by atoms with Gasteiger partial charge in [0, 0.05) is 11.3 Å². The molecule has 0 spiro atoms. The number of nitrogens with one attached hydrogen (secondary N) is 1. The van der Waals surface area contributed by atoms with Gasteiger partial charge < -0.3 is 4.98 Å². The zero-order valence-electron chi connectivity index (χ0n) is 11.5. The van der Waals surface area contributed by atoms with Crippen LogP contribution in [0.1, 0.15) is 5.56 Å². The summed E-state index contributed by atoms with van der Waals surface area (Å²) in [4.78, 5) is 3.08. The first kappa shape index (κ1) is 14.2. The normalized spacial score (nSPS) is 10.2. The fourth-order valence-electron chi connectivity index (χ4n) is 2.30. The van der Waals surface area contributed by atoms with E-state index in [2.05, 4.69) is 11.1 Å². The number of halogens is 1. The molecule has 0 aliphatic heterocycles. The van der Waals surface area contributed by atoms with E-state index >= 15 is 0 Å². The molecule has 0 saturated heterocycles. The maximum Gasteiger partial charge on any atom is 0.123 e. The Labute approximate surface area is 132 Å². The number of hydrogen-bond acceptors (Lipinski definition) is 2. The number of benzene rings is 2. The lowest BCUT2D eigenvalue weighted by Gasteiger charge is -2.09. The third kappa shape index (κ3) is 2.67. The molecular formula is C18H11FN2S. The van der Waals surface area contributed by atoms with Crippen LogP contribution in [0.25, 0.3) is 22.4 Å². The number of aromatic amines is 1. The lowest BCUT2D eigenvalue weighted by molar-refractivity contribution is 0.628. The van der Waals surface area contributed by atoms with Gasteiger partial charge in [0.1, 0.15) is 16.5 Å². The minimum atomic E-state index is -0.313. The fraction of sp³-hybridized carbons (Fsp3) is 0. The first-order valence-electron chi connectivity index (χ1n) is 6.68. The van der Waals surface area contributed by atoms with Gasteiger partial charge in [-0.3, -0.25) is 0 Å². The largest absolute Gasteiger partial charge is 0.345 e. The summed E-state index contributed by atoms with van der Waals surface area (Å²) in [5.74, 6) is -0.313. The van der Waals surface area contributed by atoms with Gasteiger partial charge in [-0.25, -0.2) is 4.39 Å². The number of aromatic nitrogens is 1. The Morgan fingerprint density at radius 2 is 1.64 bits per heavy atom. The molecule has 0 atom stereocenters. The molecular weight excluding hydrogens is 295 g/mol. The first-order chi connectivity index (χ1) is 10.7. The van der Waals surface area contributed by atoms with Gasteiger partial charge in [0.2, 0.25) is 0 Å². The molecule has 2 aromatic carbocycles. The highest BCUT2D eigenvalue weighted by atomic mass is 32.1. The number of nitrogens with zero attached hydrogens (tertiary/aromatic N) is 1. The molecule has 0 bridgehead atoms. The summed E-state index contributed by atoms with van der Waals surface area (Å²) in [5.41, 5.74) is 3.65.